The Morgan fingerprint density at radius 2 is 1.65 bits per heavy atom. The topological polar surface area (TPSA) is 84.0 Å². The molecule has 0 bridgehead atoms. The Morgan fingerprint density at radius 3 is 2.38 bits per heavy atom. The lowest BCUT2D eigenvalue weighted by Crippen LogP contribution is -2.25. The SMILES string of the molecule is CNC(=O)Nc1ccccc1C(=O)CSc1nc2ccccc2nc1C. The first-order valence-corrected chi connectivity index (χ1v) is 9.04. The zero-order valence-electron chi connectivity index (χ0n) is 14.4. The van der Waals surface area contributed by atoms with Crippen LogP contribution in [0, 0.1) is 6.92 Å². The molecular weight excluding hydrogens is 348 g/mol. The predicted octanol–water partition coefficient (Wildman–Crippen LogP) is 3.66. The summed E-state index contributed by atoms with van der Waals surface area (Å²) in [5.41, 5.74) is 3.38. The van der Waals surface area contributed by atoms with E-state index in [2.05, 4.69) is 20.6 Å². The van der Waals surface area contributed by atoms with Crippen molar-refractivity contribution in [2.75, 3.05) is 18.1 Å². The van der Waals surface area contributed by atoms with Crippen molar-refractivity contribution in [2.45, 2.75) is 11.9 Å². The van der Waals surface area contributed by atoms with E-state index in [1.165, 1.54) is 18.8 Å². The molecule has 26 heavy (non-hydrogen) atoms. The second-order valence-electron chi connectivity index (χ2n) is 5.56. The van der Waals surface area contributed by atoms with Gasteiger partial charge in [-0.25, -0.2) is 14.8 Å². The summed E-state index contributed by atoms with van der Waals surface area (Å²) in [6.45, 7) is 1.88. The third-order valence-corrected chi connectivity index (χ3v) is 4.81. The molecule has 0 spiro atoms. The van der Waals surface area contributed by atoms with Gasteiger partial charge in [0, 0.05) is 12.6 Å². The lowest BCUT2D eigenvalue weighted by Gasteiger charge is -2.10. The number of carbonyl (C=O) groups is 2. The van der Waals surface area contributed by atoms with E-state index in [-0.39, 0.29) is 17.6 Å². The molecule has 7 heteroatoms. The van der Waals surface area contributed by atoms with Crippen LogP contribution in [0.2, 0.25) is 0 Å². The number of thioether (sulfide) groups is 1. The molecule has 3 aromatic rings. The van der Waals surface area contributed by atoms with Gasteiger partial charge < -0.3 is 10.6 Å². The molecule has 0 radical (unpaired) electrons. The Kier molecular flexibility index (Phi) is 5.48. The molecular formula is C19H18N4O2S. The van der Waals surface area contributed by atoms with Gasteiger partial charge in [-0.3, -0.25) is 4.79 Å². The minimum Gasteiger partial charge on any atom is -0.341 e. The Hall–Kier alpha value is -2.93. The van der Waals surface area contributed by atoms with Gasteiger partial charge in [0.1, 0.15) is 5.03 Å². The second kappa shape index (κ2) is 7.97. The summed E-state index contributed by atoms with van der Waals surface area (Å²) in [5.74, 6) is 0.122. The van der Waals surface area contributed by atoms with Crippen molar-refractivity contribution in [2.24, 2.45) is 0 Å². The van der Waals surface area contributed by atoms with E-state index in [9.17, 15) is 9.59 Å². The summed E-state index contributed by atoms with van der Waals surface area (Å²) >= 11 is 1.35. The number of Topliss-reactive ketones (excluding diaryl/α,β-unsaturated/α-hetero) is 1. The highest BCUT2D eigenvalue weighted by Gasteiger charge is 2.14. The monoisotopic (exact) mass is 366 g/mol. The fourth-order valence-corrected chi connectivity index (χ4v) is 3.28. The van der Waals surface area contributed by atoms with Crippen LogP contribution in [0.4, 0.5) is 10.5 Å². The van der Waals surface area contributed by atoms with E-state index in [4.69, 9.17) is 0 Å². The molecule has 0 unspecified atom stereocenters. The minimum atomic E-state index is -0.367. The summed E-state index contributed by atoms with van der Waals surface area (Å²) in [4.78, 5) is 33.3. The highest BCUT2D eigenvalue weighted by Crippen LogP contribution is 2.24. The van der Waals surface area contributed by atoms with Crippen molar-refractivity contribution in [1.82, 2.24) is 15.3 Å². The quantitative estimate of drug-likeness (QED) is 0.532. The van der Waals surface area contributed by atoms with E-state index in [1.54, 1.807) is 24.3 Å². The van der Waals surface area contributed by atoms with Crippen LogP contribution in [0.15, 0.2) is 53.6 Å². The zero-order valence-corrected chi connectivity index (χ0v) is 15.3. The molecule has 0 aliphatic heterocycles. The van der Waals surface area contributed by atoms with Crippen LogP contribution in [0.5, 0.6) is 0 Å². The van der Waals surface area contributed by atoms with Crippen LogP contribution in [-0.4, -0.2) is 34.6 Å². The van der Waals surface area contributed by atoms with Gasteiger partial charge in [-0.2, -0.15) is 0 Å². The van der Waals surface area contributed by atoms with Gasteiger partial charge in [0.25, 0.3) is 0 Å². The first kappa shape index (κ1) is 17.9. The highest BCUT2D eigenvalue weighted by molar-refractivity contribution is 8.00. The number of rotatable bonds is 5. The van der Waals surface area contributed by atoms with Gasteiger partial charge >= 0.3 is 6.03 Å². The third kappa shape index (κ3) is 4.00. The molecule has 2 N–H and O–H groups in total. The Labute approximate surface area is 155 Å². The third-order valence-electron chi connectivity index (χ3n) is 3.74. The normalized spacial score (nSPS) is 10.5. The Morgan fingerprint density at radius 1 is 1.00 bits per heavy atom. The standard InChI is InChI=1S/C19H18N4O2S/c1-12-18(22-16-10-6-5-9-15(16)21-12)26-11-17(24)13-7-3-4-8-14(13)23-19(25)20-2/h3-10H,11H2,1-2H3,(H2,20,23,25). The minimum absolute atomic E-state index is 0.0867. The van der Waals surface area contributed by atoms with Gasteiger partial charge in [-0.15, -0.1) is 0 Å². The number of anilines is 1. The smallest absolute Gasteiger partial charge is 0.318 e. The van der Waals surface area contributed by atoms with Crippen LogP contribution < -0.4 is 10.6 Å². The van der Waals surface area contributed by atoms with E-state index >= 15 is 0 Å². The molecule has 0 atom stereocenters. The highest BCUT2D eigenvalue weighted by atomic mass is 32.2. The molecule has 0 aliphatic rings. The van der Waals surface area contributed by atoms with Crippen molar-refractivity contribution < 1.29 is 9.59 Å². The average molecular weight is 366 g/mol. The van der Waals surface area contributed by atoms with E-state index in [0.29, 0.717) is 11.3 Å². The maximum absolute atomic E-state index is 12.6. The van der Waals surface area contributed by atoms with Crippen molar-refractivity contribution >= 4 is 40.3 Å². The van der Waals surface area contributed by atoms with Crippen LogP contribution in [0.25, 0.3) is 11.0 Å². The summed E-state index contributed by atoms with van der Waals surface area (Å²) in [7, 11) is 1.52. The molecule has 132 valence electrons. The van der Waals surface area contributed by atoms with E-state index in [1.807, 2.05) is 31.2 Å². The second-order valence-corrected chi connectivity index (χ2v) is 6.53. The number of nitrogens with zero attached hydrogens (tertiary/aromatic N) is 2. The largest absolute Gasteiger partial charge is 0.341 e. The molecule has 2 amide bonds. The summed E-state index contributed by atoms with van der Waals surface area (Å²) in [5, 5.41) is 5.87. The molecule has 0 saturated carbocycles. The van der Waals surface area contributed by atoms with Crippen molar-refractivity contribution in [3.63, 3.8) is 0 Å². The van der Waals surface area contributed by atoms with Crippen molar-refractivity contribution in [3.8, 4) is 0 Å². The number of aryl methyl sites for hydroxylation is 1. The zero-order chi connectivity index (χ0) is 18.5. The van der Waals surface area contributed by atoms with Gasteiger partial charge in [0.15, 0.2) is 5.78 Å². The number of ketones is 1. The summed E-state index contributed by atoms with van der Waals surface area (Å²) in [6, 6.07) is 14.2. The van der Waals surface area contributed by atoms with Crippen molar-refractivity contribution in [1.29, 1.82) is 0 Å². The number of amides is 2. The van der Waals surface area contributed by atoms with E-state index < -0.39 is 0 Å². The Balaban J connectivity index is 1.77. The molecule has 2 aromatic carbocycles. The van der Waals surface area contributed by atoms with E-state index in [0.717, 1.165) is 21.8 Å². The first-order valence-electron chi connectivity index (χ1n) is 8.05. The first-order chi connectivity index (χ1) is 12.6. The number of urea groups is 1. The van der Waals surface area contributed by atoms with Crippen molar-refractivity contribution in [3.05, 3.63) is 59.8 Å². The molecule has 0 aliphatic carbocycles. The van der Waals surface area contributed by atoms with Gasteiger partial charge in [0.2, 0.25) is 0 Å². The molecule has 0 saturated heterocycles. The maximum atomic E-state index is 12.6. The molecule has 6 nitrogen and oxygen atoms in total. The number of fused-ring (bicyclic) bond motifs is 1. The fourth-order valence-electron chi connectivity index (χ4n) is 2.44. The molecule has 1 aromatic heterocycles. The van der Waals surface area contributed by atoms with Crippen LogP contribution in [-0.2, 0) is 0 Å². The predicted molar refractivity (Wildman–Crippen MR) is 104 cm³/mol. The molecule has 0 fully saturated rings. The number of hydrogen-bond acceptors (Lipinski definition) is 5. The lowest BCUT2D eigenvalue weighted by atomic mass is 10.1. The number of aromatic nitrogens is 2. The summed E-state index contributed by atoms with van der Waals surface area (Å²) in [6.07, 6.45) is 0. The van der Waals surface area contributed by atoms with Gasteiger partial charge in [-0.1, -0.05) is 36.0 Å². The molecule has 1 heterocycles. The Bertz CT molecular complexity index is 975. The fraction of sp³-hybridized carbons (Fsp3) is 0.158. The number of benzene rings is 2. The number of nitrogens with one attached hydrogen (secondary N) is 2. The van der Waals surface area contributed by atoms with Crippen LogP contribution >= 0.6 is 11.8 Å². The van der Waals surface area contributed by atoms with Crippen LogP contribution in [0.1, 0.15) is 16.1 Å². The summed E-state index contributed by atoms with van der Waals surface area (Å²) < 4.78 is 0. The number of para-hydroxylation sites is 3. The average Bonchev–Trinajstić information content (AvgIpc) is 2.66. The van der Waals surface area contributed by atoms with Crippen LogP contribution in [0.3, 0.4) is 0 Å². The lowest BCUT2D eigenvalue weighted by molar-refractivity contribution is 0.102. The van der Waals surface area contributed by atoms with Gasteiger partial charge in [0.05, 0.1) is 28.2 Å². The number of carbonyl (C=O) groups excluding carboxylic acids is 2. The van der Waals surface area contributed by atoms with Gasteiger partial charge in [-0.05, 0) is 31.2 Å². The molecule has 3 rings (SSSR count). The maximum Gasteiger partial charge on any atom is 0.318 e. The number of hydrogen-bond donors (Lipinski definition) is 2.